The van der Waals surface area contributed by atoms with Crippen molar-refractivity contribution in [3.63, 3.8) is 0 Å². The summed E-state index contributed by atoms with van der Waals surface area (Å²) in [5.74, 6) is 1.91. The lowest BCUT2D eigenvalue weighted by atomic mass is 9.94. The summed E-state index contributed by atoms with van der Waals surface area (Å²) in [6.07, 6.45) is 6.87. The third-order valence-corrected chi connectivity index (χ3v) is 5.26. The molecule has 9 heteroatoms. The summed E-state index contributed by atoms with van der Waals surface area (Å²) in [7, 11) is 0. The van der Waals surface area contributed by atoms with Crippen molar-refractivity contribution >= 4 is 35.1 Å². The summed E-state index contributed by atoms with van der Waals surface area (Å²) >= 11 is 6.00. The Kier molecular flexibility index (Phi) is 8.86. The van der Waals surface area contributed by atoms with E-state index in [1.165, 1.54) is 6.92 Å². The maximum atomic E-state index is 12.3. The van der Waals surface area contributed by atoms with Gasteiger partial charge in [-0.25, -0.2) is 9.97 Å². The Balaban J connectivity index is 1.61. The quantitative estimate of drug-likeness (QED) is 0.323. The molecule has 2 amide bonds. The van der Waals surface area contributed by atoms with E-state index < -0.39 is 0 Å². The van der Waals surface area contributed by atoms with Crippen LogP contribution in [0.5, 0.6) is 0 Å². The number of hydrogen-bond acceptors (Lipinski definition) is 6. The van der Waals surface area contributed by atoms with Gasteiger partial charge in [-0.3, -0.25) is 9.59 Å². The monoisotopic (exact) mass is 456 g/mol. The molecule has 0 radical (unpaired) electrons. The van der Waals surface area contributed by atoms with Crippen molar-refractivity contribution in [2.75, 3.05) is 36.8 Å². The number of amides is 2. The van der Waals surface area contributed by atoms with Crippen LogP contribution >= 0.6 is 11.6 Å². The van der Waals surface area contributed by atoms with Crippen LogP contribution < -0.4 is 21.3 Å². The van der Waals surface area contributed by atoms with Gasteiger partial charge in [0, 0.05) is 55.7 Å². The number of benzene rings is 1. The van der Waals surface area contributed by atoms with Crippen LogP contribution in [0.25, 0.3) is 11.4 Å². The minimum Gasteiger partial charge on any atom is -0.368 e. The molecule has 0 aliphatic heterocycles. The molecule has 0 fully saturated rings. The number of rotatable bonds is 10. The van der Waals surface area contributed by atoms with Gasteiger partial charge in [0.05, 0.1) is 0 Å². The molecule has 1 atom stereocenters. The second kappa shape index (κ2) is 12.0. The molecule has 0 spiro atoms. The molecule has 8 nitrogen and oxygen atoms in total. The Hall–Kier alpha value is -3.13. The molecule has 0 bridgehead atoms. The van der Waals surface area contributed by atoms with Crippen molar-refractivity contribution in [2.45, 2.75) is 26.2 Å². The number of halogens is 1. The van der Waals surface area contributed by atoms with Crippen molar-refractivity contribution < 1.29 is 9.59 Å². The fraction of sp³-hybridized carbons (Fsp3) is 0.391. The lowest BCUT2D eigenvalue weighted by Crippen LogP contribution is -2.34. The number of aromatic nitrogens is 2. The van der Waals surface area contributed by atoms with Crippen molar-refractivity contribution in [1.82, 2.24) is 20.6 Å². The largest absolute Gasteiger partial charge is 0.368 e. The molecule has 3 rings (SSSR count). The molecule has 4 N–H and O–H groups in total. The van der Waals surface area contributed by atoms with Gasteiger partial charge in [-0.05, 0) is 43.5 Å². The van der Waals surface area contributed by atoms with Crippen molar-refractivity contribution in [2.24, 2.45) is 5.92 Å². The molecule has 32 heavy (non-hydrogen) atoms. The van der Waals surface area contributed by atoms with Crippen molar-refractivity contribution in [3.8, 4) is 11.4 Å². The smallest absolute Gasteiger partial charge is 0.223 e. The molecule has 170 valence electrons. The lowest BCUT2D eigenvalue weighted by molar-refractivity contribution is -0.125. The Morgan fingerprint density at radius 2 is 1.62 bits per heavy atom. The van der Waals surface area contributed by atoms with E-state index in [1.807, 2.05) is 12.1 Å². The first-order chi connectivity index (χ1) is 15.5. The second-order valence-corrected chi connectivity index (χ2v) is 8.01. The van der Waals surface area contributed by atoms with E-state index in [-0.39, 0.29) is 17.7 Å². The van der Waals surface area contributed by atoms with Crippen LogP contribution in [0.1, 0.15) is 26.2 Å². The minimum absolute atomic E-state index is 0.0648. The molecule has 0 saturated heterocycles. The average molecular weight is 457 g/mol. The van der Waals surface area contributed by atoms with Crippen LogP contribution in [-0.4, -0.2) is 48.0 Å². The normalized spacial score (nSPS) is 15.1. The number of anilines is 2. The van der Waals surface area contributed by atoms with Gasteiger partial charge < -0.3 is 21.3 Å². The molecule has 1 unspecified atom stereocenters. The standard InChI is InChI=1S/C23H29ClN6O2/c1-16(31)25-11-12-26-20-15-21(30-22(29-20)17-7-9-19(24)10-8-17)27-13-14-28-23(32)18-5-3-2-4-6-18/h2-3,7-10,15,18H,4-6,11-14H2,1H3,(H,25,31)(H,28,32)(H2,26,27,29,30). The van der Waals surface area contributed by atoms with Gasteiger partial charge in [-0.2, -0.15) is 0 Å². The molecule has 1 heterocycles. The maximum absolute atomic E-state index is 12.3. The van der Waals surface area contributed by atoms with Crippen LogP contribution in [0.15, 0.2) is 42.5 Å². The highest BCUT2D eigenvalue weighted by Crippen LogP contribution is 2.22. The molecule has 1 aromatic heterocycles. The summed E-state index contributed by atoms with van der Waals surface area (Å²) in [6, 6.07) is 9.12. The van der Waals surface area contributed by atoms with Crippen LogP contribution in [0.2, 0.25) is 5.02 Å². The van der Waals surface area contributed by atoms with Gasteiger partial charge in [0.15, 0.2) is 5.82 Å². The number of hydrogen-bond donors (Lipinski definition) is 4. The van der Waals surface area contributed by atoms with Crippen molar-refractivity contribution in [3.05, 3.63) is 47.5 Å². The Labute approximate surface area is 193 Å². The topological polar surface area (TPSA) is 108 Å². The van der Waals surface area contributed by atoms with Crippen LogP contribution in [-0.2, 0) is 9.59 Å². The second-order valence-electron chi connectivity index (χ2n) is 7.58. The summed E-state index contributed by atoms with van der Waals surface area (Å²) in [5, 5.41) is 12.8. The number of allylic oxidation sites excluding steroid dienone is 2. The third kappa shape index (κ3) is 7.53. The van der Waals surface area contributed by atoms with E-state index in [2.05, 4.69) is 43.4 Å². The highest BCUT2D eigenvalue weighted by Gasteiger charge is 2.17. The van der Waals surface area contributed by atoms with E-state index in [4.69, 9.17) is 11.6 Å². The van der Waals surface area contributed by atoms with Gasteiger partial charge >= 0.3 is 0 Å². The molecule has 1 aliphatic rings. The molecule has 1 aromatic carbocycles. The average Bonchev–Trinajstić information content (AvgIpc) is 2.80. The number of nitrogens with one attached hydrogen (secondary N) is 4. The zero-order valence-electron chi connectivity index (χ0n) is 18.2. The molecular weight excluding hydrogens is 428 g/mol. The maximum Gasteiger partial charge on any atom is 0.223 e. The Morgan fingerprint density at radius 1 is 0.969 bits per heavy atom. The first kappa shape index (κ1) is 23.5. The summed E-state index contributed by atoms with van der Waals surface area (Å²) in [4.78, 5) is 32.5. The number of carbonyl (C=O) groups excluding carboxylic acids is 2. The van der Waals surface area contributed by atoms with Crippen LogP contribution in [0.3, 0.4) is 0 Å². The SMILES string of the molecule is CC(=O)NCCNc1cc(NCCNC(=O)C2CC=CCC2)nc(-c2ccc(Cl)cc2)n1. The van der Waals surface area contributed by atoms with Crippen LogP contribution in [0.4, 0.5) is 11.6 Å². The first-order valence-electron chi connectivity index (χ1n) is 10.8. The van der Waals surface area contributed by atoms with Crippen molar-refractivity contribution in [1.29, 1.82) is 0 Å². The zero-order valence-corrected chi connectivity index (χ0v) is 18.9. The third-order valence-electron chi connectivity index (χ3n) is 5.00. The summed E-state index contributed by atoms with van der Waals surface area (Å²) in [6.45, 7) is 3.54. The fourth-order valence-electron chi connectivity index (χ4n) is 3.34. The Bertz CT molecular complexity index is 948. The van der Waals surface area contributed by atoms with Gasteiger partial charge in [0.1, 0.15) is 11.6 Å². The molecule has 2 aromatic rings. The van der Waals surface area contributed by atoms with E-state index >= 15 is 0 Å². The van der Waals surface area contributed by atoms with Gasteiger partial charge in [-0.1, -0.05) is 23.8 Å². The highest BCUT2D eigenvalue weighted by atomic mass is 35.5. The lowest BCUT2D eigenvalue weighted by Gasteiger charge is -2.17. The van der Waals surface area contributed by atoms with Crippen LogP contribution in [0, 0.1) is 5.92 Å². The van der Waals surface area contributed by atoms with E-state index in [0.717, 1.165) is 24.8 Å². The van der Waals surface area contributed by atoms with E-state index in [0.29, 0.717) is 48.7 Å². The first-order valence-corrected chi connectivity index (χ1v) is 11.2. The Morgan fingerprint density at radius 3 is 2.22 bits per heavy atom. The summed E-state index contributed by atoms with van der Waals surface area (Å²) < 4.78 is 0. The van der Waals surface area contributed by atoms with Gasteiger partial charge in [0.25, 0.3) is 0 Å². The fourth-order valence-corrected chi connectivity index (χ4v) is 3.46. The highest BCUT2D eigenvalue weighted by molar-refractivity contribution is 6.30. The zero-order chi connectivity index (χ0) is 22.8. The number of carbonyl (C=O) groups is 2. The molecule has 0 saturated carbocycles. The predicted molar refractivity (Wildman–Crippen MR) is 128 cm³/mol. The van der Waals surface area contributed by atoms with Gasteiger partial charge in [0.2, 0.25) is 11.8 Å². The predicted octanol–water partition coefficient (Wildman–Crippen LogP) is 3.23. The van der Waals surface area contributed by atoms with E-state index in [9.17, 15) is 9.59 Å². The van der Waals surface area contributed by atoms with Gasteiger partial charge in [-0.15, -0.1) is 0 Å². The van der Waals surface area contributed by atoms with E-state index in [1.54, 1.807) is 18.2 Å². The minimum atomic E-state index is -0.0787. The molecule has 1 aliphatic carbocycles. The molecular formula is C23H29ClN6O2. The summed E-state index contributed by atoms with van der Waals surface area (Å²) in [5.41, 5.74) is 0.835. The number of nitrogens with zero attached hydrogens (tertiary/aromatic N) is 2.